The Morgan fingerprint density at radius 3 is 2.36 bits per heavy atom. The van der Waals surface area contributed by atoms with E-state index in [9.17, 15) is 19.8 Å². The number of amides is 1. The lowest BCUT2D eigenvalue weighted by atomic mass is 9.92. The molecule has 1 aliphatic heterocycles. The van der Waals surface area contributed by atoms with Crippen LogP contribution < -0.4 is 5.32 Å². The maximum Gasteiger partial charge on any atom is 0.337 e. The number of phenols is 1. The van der Waals surface area contributed by atoms with E-state index in [0.29, 0.717) is 12.0 Å². The van der Waals surface area contributed by atoms with Crippen molar-refractivity contribution in [3.8, 4) is 5.75 Å². The van der Waals surface area contributed by atoms with Gasteiger partial charge in [0.15, 0.2) is 5.76 Å². The molecule has 0 saturated carbocycles. The fraction of sp³-hybridized carbons (Fsp3) is 0.214. The average Bonchev–Trinajstić information content (AvgIpc) is 2.93. The summed E-state index contributed by atoms with van der Waals surface area (Å²) >= 11 is 0. The van der Waals surface area contributed by atoms with Crippen molar-refractivity contribution in [2.45, 2.75) is 31.8 Å². The van der Waals surface area contributed by atoms with Crippen LogP contribution in [0.5, 0.6) is 5.75 Å². The molecule has 3 aromatic rings. The summed E-state index contributed by atoms with van der Waals surface area (Å²) in [6.45, 7) is 0.211. The fourth-order valence-corrected chi connectivity index (χ4v) is 3.83. The molecule has 0 radical (unpaired) electrons. The highest BCUT2D eigenvalue weighted by Crippen LogP contribution is 2.33. The third kappa shape index (κ3) is 6.10. The number of ether oxygens (including phenoxy) is 3. The number of aliphatic hydroxyl groups is 1. The maximum atomic E-state index is 13.0. The summed E-state index contributed by atoms with van der Waals surface area (Å²) in [5.74, 6) is -1.17. The molecular formula is C28H27NO7. The number of esters is 1. The van der Waals surface area contributed by atoms with Crippen LogP contribution in [0.2, 0.25) is 0 Å². The van der Waals surface area contributed by atoms with E-state index in [0.717, 1.165) is 16.7 Å². The van der Waals surface area contributed by atoms with Crippen LogP contribution in [-0.2, 0) is 32.2 Å². The molecule has 8 heteroatoms. The van der Waals surface area contributed by atoms with Crippen molar-refractivity contribution in [1.29, 1.82) is 0 Å². The molecule has 0 aromatic heterocycles. The van der Waals surface area contributed by atoms with Gasteiger partial charge < -0.3 is 29.7 Å². The van der Waals surface area contributed by atoms with Gasteiger partial charge in [0, 0.05) is 12.3 Å². The van der Waals surface area contributed by atoms with Crippen LogP contribution in [0.1, 0.15) is 39.4 Å². The van der Waals surface area contributed by atoms with E-state index in [4.69, 9.17) is 14.2 Å². The van der Waals surface area contributed by atoms with Crippen molar-refractivity contribution < 1.29 is 34.0 Å². The zero-order valence-corrected chi connectivity index (χ0v) is 19.7. The van der Waals surface area contributed by atoms with Crippen molar-refractivity contribution in [2.75, 3.05) is 12.4 Å². The van der Waals surface area contributed by atoms with Gasteiger partial charge in [-0.2, -0.15) is 0 Å². The highest BCUT2D eigenvalue weighted by Gasteiger charge is 2.29. The molecular weight excluding hydrogens is 462 g/mol. The number of hydrogen-bond acceptors (Lipinski definition) is 7. The van der Waals surface area contributed by atoms with Crippen LogP contribution in [-0.4, -0.2) is 35.5 Å². The quantitative estimate of drug-likeness (QED) is 0.320. The predicted octanol–water partition coefficient (Wildman–Crippen LogP) is 4.24. The number of aromatic hydroxyl groups is 1. The summed E-state index contributed by atoms with van der Waals surface area (Å²) in [6.07, 6.45) is 1.43. The highest BCUT2D eigenvalue weighted by atomic mass is 16.7. The van der Waals surface area contributed by atoms with Crippen LogP contribution in [0.3, 0.4) is 0 Å². The first-order valence-electron chi connectivity index (χ1n) is 11.4. The number of nitrogens with one attached hydrogen (secondary N) is 1. The van der Waals surface area contributed by atoms with E-state index >= 15 is 0 Å². The second-order valence-corrected chi connectivity index (χ2v) is 8.29. The fourth-order valence-electron chi connectivity index (χ4n) is 3.83. The Morgan fingerprint density at radius 1 is 1.00 bits per heavy atom. The van der Waals surface area contributed by atoms with E-state index in [1.165, 1.54) is 13.2 Å². The normalized spacial score (nSPS) is 17.0. The average molecular weight is 490 g/mol. The lowest BCUT2D eigenvalue weighted by Gasteiger charge is -2.29. The molecule has 36 heavy (non-hydrogen) atoms. The summed E-state index contributed by atoms with van der Waals surface area (Å²) in [7, 11) is 1.33. The van der Waals surface area contributed by atoms with Gasteiger partial charge in [0.2, 0.25) is 6.29 Å². The number of carbonyl (C=O) groups is 2. The minimum atomic E-state index is -0.720. The first-order valence-corrected chi connectivity index (χ1v) is 11.4. The summed E-state index contributed by atoms with van der Waals surface area (Å²) in [5.41, 5.74) is 3.25. The molecule has 1 aliphatic rings. The summed E-state index contributed by atoms with van der Waals surface area (Å²) in [4.78, 5) is 24.8. The van der Waals surface area contributed by atoms with Gasteiger partial charge in [0.25, 0.3) is 5.91 Å². The first kappa shape index (κ1) is 25.0. The Balaban J connectivity index is 1.54. The maximum absolute atomic E-state index is 13.0. The second kappa shape index (κ2) is 11.5. The first-order chi connectivity index (χ1) is 17.5. The molecule has 4 rings (SSSR count). The number of aliphatic hydroxyl groups excluding tert-OH is 1. The minimum absolute atomic E-state index is 0.0381. The Hall–Kier alpha value is -4.14. The van der Waals surface area contributed by atoms with Crippen LogP contribution in [0.25, 0.3) is 0 Å². The van der Waals surface area contributed by atoms with Gasteiger partial charge in [-0.15, -0.1) is 0 Å². The monoisotopic (exact) mass is 489 g/mol. The SMILES string of the molecule is COC(=O)c1ccc([C@H]2C=C(C(=O)Nc3ccccc3O)O[C@@H](OCc3ccc(CO)cc3)C2)cc1. The molecule has 0 spiro atoms. The number of para-hydroxylation sites is 2. The van der Waals surface area contributed by atoms with Crippen molar-refractivity contribution in [2.24, 2.45) is 0 Å². The number of carbonyl (C=O) groups excluding carboxylic acids is 2. The van der Waals surface area contributed by atoms with Crippen molar-refractivity contribution in [3.05, 3.63) is 107 Å². The van der Waals surface area contributed by atoms with Gasteiger partial charge in [-0.1, -0.05) is 48.5 Å². The Labute approximate surface area is 208 Å². The lowest BCUT2D eigenvalue weighted by Crippen LogP contribution is -2.29. The molecule has 3 N–H and O–H groups in total. The van der Waals surface area contributed by atoms with E-state index in [1.807, 2.05) is 36.4 Å². The van der Waals surface area contributed by atoms with Crippen molar-refractivity contribution >= 4 is 17.6 Å². The molecule has 0 bridgehead atoms. The number of rotatable bonds is 8. The lowest BCUT2D eigenvalue weighted by molar-refractivity contribution is -0.147. The van der Waals surface area contributed by atoms with Crippen molar-refractivity contribution in [1.82, 2.24) is 0 Å². The third-order valence-corrected chi connectivity index (χ3v) is 5.83. The third-order valence-electron chi connectivity index (χ3n) is 5.83. The van der Waals surface area contributed by atoms with Gasteiger partial charge in [-0.25, -0.2) is 4.79 Å². The summed E-state index contributed by atoms with van der Waals surface area (Å²) in [6, 6.07) is 20.7. The molecule has 3 aromatic carbocycles. The molecule has 1 heterocycles. The van der Waals surface area contributed by atoms with Gasteiger partial charge in [-0.3, -0.25) is 4.79 Å². The van der Waals surface area contributed by atoms with E-state index in [1.54, 1.807) is 36.4 Å². The number of anilines is 1. The molecule has 0 fully saturated rings. The van der Waals surface area contributed by atoms with Crippen molar-refractivity contribution in [3.63, 3.8) is 0 Å². The van der Waals surface area contributed by atoms with E-state index < -0.39 is 18.2 Å². The molecule has 186 valence electrons. The summed E-state index contributed by atoms with van der Waals surface area (Å²) < 4.78 is 16.7. The smallest absolute Gasteiger partial charge is 0.337 e. The molecule has 0 saturated heterocycles. The van der Waals surface area contributed by atoms with Crippen LogP contribution >= 0.6 is 0 Å². The highest BCUT2D eigenvalue weighted by molar-refractivity contribution is 6.03. The van der Waals surface area contributed by atoms with Gasteiger partial charge in [0.1, 0.15) is 5.75 Å². The molecule has 1 amide bonds. The molecule has 0 aliphatic carbocycles. The molecule has 2 atom stereocenters. The van der Waals surface area contributed by atoms with Crippen LogP contribution in [0.15, 0.2) is 84.6 Å². The minimum Gasteiger partial charge on any atom is -0.506 e. The number of benzene rings is 3. The standard InChI is InChI=1S/C28H27NO7/c1-34-28(33)21-12-10-20(11-13-21)22-14-25(27(32)29-23-4-2-3-5-24(23)31)36-26(15-22)35-17-19-8-6-18(16-30)7-9-19/h2-14,22,26,30-31H,15-17H2,1H3,(H,29,32)/t22-,26+/m0/s1. The topological polar surface area (TPSA) is 114 Å². The molecule has 8 nitrogen and oxygen atoms in total. The van der Waals surface area contributed by atoms with E-state index in [-0.39, 0.29) is 36.3 Å². The Kier molecular flexibility index (Phi) is 7.99. The van der Waals surface area contributed by atoms with Gasteiger partial charge in [-0.05, 0) is 47.0 Å². The Morgan fingerprint density at radius 2 is 1.69 bits per heavy atom. The molecule has 0 unspecified atom stereocenters. The largest absolute Gasteiger partial charge is 0.506 e. The second-order valence-electron chi connectivity index (χ2n) is 8.29. The van der Waals surface area contributed by atoms with Crippen LogP contribution in [0.4, 0.5) is 5.69 Å². The number of hydrogen-bond donors (Lipinski definition) is 3. The zero-order valence-electron chi connectivity index (χ0n) is 19.7. The predicted molar refractivity (Wildman–Crippen MR) is 132 cm³/mol. The van der Waals surface area contributed by atoms with Gasteiger partial charge in [0.05, 0.1) is 31.6 Å². The summed E-state index contributed by atoms with van der Waals surface area (Å²) in [5, 5.41) is 21.9. The van der Waals surface area contributed by atoms with Gasteiger partial charge >= 0.3 is 5.97 Å². The Bertz CT molecular complexity index is 1240. The number of phenolic OH excluding ortho intramolecular Hbond substituents is 1. The number of allylic oxidation sites excluding steroid dienone is 1. The van der Waals surface area contributed by atoms with E-state index in [2.05, 4.69) is 5.32 Å². The zero-order chi connectivity index (χ0) is 25.5. The van der Waals surface area contributed by atoms with Crippen LogP contribution in [0, 0.1) is 0 Å². The number of methoxy groups -OCH3 is 1.